The van der Waals surface area contributed by atoms with Gasteiger partial charge in [0.2, 0.25) is 0 Å². The third-order valence-electron chi connectivity index (χ3n) is 4.84. The number of aliphatic hydroxyl groups excluding tert-OH is 1. The largest absolute Gasteiger partial charge is 0.391 e. The molecule has 1 saturated heterocycles. The first kappa shape index (κ1) is 15.2. The zero-order chi connectivity index (χ0) is 16.4. The second kappa shape index (κ2) is 6.67. The molecule has 0 spiro atoms. The maximum Gasteiger partial charge on any atom is 0.119 e. The minimum absolute atomic E-state index is 0.261. The summed E-state index contributed by atoms with van der Waals surface area (Å²) in [5.74, 6) is 0.261. The monoisotopic (exact) mass is 323 g/mol. The number of hydrogen-bond acceptors (Lipinski definition) is 5. The van der Waals surface area contributed by atoms with Gasteiger partial charge in [-0.15, -0.1) is 10.2 Å². The molecular weight excluding hydrogens is 302 g/mol. The van der Waals surface area contributed by atoms with Crippen molar-refractivity contribution in [2.45, 2.75) is 19.1 Å². The number of pyridine rings is 1. The lowest BCUT2D eigenvalue weighted by atomic mass is 9.94. The number of likely N-dealkylation sites (tertiary alicyclic amines) is 1. The zero-order valence-electron chi connectivity index (χ0n) is 13.5. The Morgan fingerprint density at radius 3 is 2.75 bits per heavy atom. The Bertz CT molecular complexity index is 799. The van der Waals surface area contributed by atoms with Crippen molar-refractivity contribution < 1.29 is 5.11 Å². The summed E-state index contributed by atoms with van der Waals surface area (Å²) in [6, 6.07) is 10.3. The Balaban J connectivity index is 1.43. The summed E-state index contributed by atoms with van der Waals surface area (Å²) in [6.45, 7) is 3.41. The van der Waals surface area contributed by atoms with Crippen LogP contribution in [0.15, 0.2) is 49.2 Å². The summed E-state index contributed by atoms with van der Waals surface area (Å²) < 4.78 is 1.97. The van der Waals surface area contributed by atoms with Gasteiger partial charge in [0.05, 0.1) is 11.6 Å². The molecule has 4 rings (SSSR count). The van der Waals surface area contributed by atoms with Crippen molar-refractivity contribution in [1.29, 1.82) is 0 Å². The molecule has 0 aliphatic carbocycles. The van der Waals surface area contributed by atoms with Crippen LogP contribution < -0.4 is 0 Å². The fraction of sp³-hybridized carbons (Fsp3) is 0.389. The van der Waals surface area contributed by atoms with Gasteiger partial charge in [0, 0.05) is 43.7 Å². The predicted molar refractivity (Wildman–Crippen MR) is 91.4 cm³/mol. The van der Waals surface area contributed by atoms with Crippen molar-refractivity contribution in [3.63, 3.8) is 0 Å². The average Bonchev–Trinajstić information content (AvgIpc) is 3.24. The van der Waals surface area contributed by atoms with E-state index < -0.39 is 0 Å². The van der Waals surface area contributed by atoms with Gasteiger partial charge >= 0.3 is 0 Å². The molecule has 2 atom stereocenters. The van der Waals surface area contributed by atoms with E-state index in [4.69, 9.17) is 0 Å². The Morgan fingerprint density at radius 2 is 1.88 bits per heavy atom. The van der Waals surface area contributed by atoms with E-state index in [1.54, 1.807) is 12.7 Å². The normalized spacial score (nSPS) is 21.5. The standard InChI is InChI=1S/C18H21N5O/c24-18-11-22(7-8-23-12-20-21-13-23)10-15(18)9-14-5-6-19-17-4-2-1-3-16(14)17/h1-6,12-13,15,18,24H,7-11H2/t15-,18-/m1/s1. The molecule has 24 heavy (non-hydrogen) atoms. The second-order valence-corrected chi connectivity index (χ2v) is 6.48. The van der Waals surface area contributed by atoms with Gasteiger partial charge in [-0.25, -0.2) is 0 Å². The fourth-order valence-electron chi connectivity index (χ4n) is 3.53. The van der Waals surface area contributed by atoms with E-state index in [2.05, 4.69) is 32.2 Å². The lowest BCUT2D eigenvalue weighted by Crippen LogP contribution is -2.25. The zero-order valence-corrected chi connectivity index (χ0v) is 13.5. The Kier molecular flexibility index (Phi) is 4.23. The third-order valence-corrected chi connectivity index (χ3v) is 4.84. The van der Waals surface area contributed by atoms with Gasteiger partial charge in [-0.2, -0.15) is 0 Å². The molecule has 124 valence electrons. The topological polar surface area (TPSA) is 67.1 Å². The van der Waals surface area contributed by atoms with Crippen molar-refractivity contribution in [2.24, 2.45) is 5.92 Å². The molecule has 1 aromatic carbocycles. The predicted octanol–water partition coefficient (Wildman–Crippen LogP) is 1.36. The third kappa shape index (κ3) is 3.16. The molecule has 2 aromatic heterocycles. The summed E-state index contributed by atoms with van der Waals surface area (Å²) in [5, 5.41) is 19.3. The number of aliphatic hydroxyl groups is 1. The minimum Gasteiger partial charge on any atom is -0.391 e. The van der Waals surface area contributed by atoms with E-state index in [9.17, 15) is 5.11 Å². The first-order chi connectivity index (χ1) is 11.8. The maximum absolute atomic E-state index is 10.5. The van der Waals surface area contributed by atoms with Crippen molar-refractivity contribution in [2.75, 3.05) is 19.6 Å². The highest BCUT2D eigenvalue weighted by Crippen LogP contribution is 2.25. The van der Waals surface area contributed by atoms with Gasteiger partial charge in [0.15, 0.2) is 0 Å². The molecule has 3 aromatic rings. The minimum atomic E-state index is -0.280. The number of benzene rings is 1. The summed E-state index contributed by atoms with van der Waals surface area (Å²) in [6.07, 6.45) is 5.92. The molecule has 0 amide bonds. The fourth-order valence-corrected chi connectivity index (χ4v) is 3.53. The van der Waals surface area contributed by atoms with Gasteiger partial charge in [0.25, 0.3) is 0 Å². The van der Waals surface area contributed by atoms with Crippen LogP contribution >= 0.6 is 0 Å². The number of para-hydroxylation sites is 1. The van der Waals surface area contributed by atoms with Gasteiger partial charge < -0.3 is 9.67 Å². The van der Waals surface area contributed by atoms with Crippen LogP contribution in [0.4, 0.5) is 0 Å². The molecular formula is C18H21N5O. The molecule has 6 heteroatoms. The van der Waals surface area contributed by atoms with Gasteiger partial charge in [-0.1, -0.05) is 18.2 Å². The van der Waals surface area contributed by atoms with Crippen LogP contribution in [-0.4, -0.2) is 55.5 Å². The Hall–Kier alpha value is -2.31. The molecule has 1 aliphatic heterocycles. The molecule has 1 fully saturated rings. The number of nitrogens with zero attached hydrogens (tertiary/aromatic N) is 5. The lowest BCUT2D eigenvalue weighted by Gasteiger charge is -2.16. The lowest BCUT2D eigenvalue weighted by molar-refractivity contribution is 0.141. The van der Waals surface area contributed by atoms with E-state index in [0.29, 0.717) is 0 Å². The number of β-amino-alcohol motifs (C(OH)–C–C–N with tert-alkyl or cyclic N) is 1. The van der Waals surface area contributed by atoms with Crippen LogP contribution in [0.2, 0.25) is 0 Å². The van der Waals surface area contributed by atoms with E-state index in [1.165, 1.54) is 10.9 Å². The number of fused-ring (bicyclic) bond motifs is 1. The van der Waals surface area contributed by atoms with E-state index in [-0.39, 0.29) is 12.0 Å². The van der Waals surface area contributed by atoms with Gasteiger partial charge in [-0.3, -0.25) is 9.88 Å². The molecule has 0 bridgehead atoms. The highest BCUT2D eigenvalue weighted by atomic mass is 16.3. The molecule has 0 unspecified atom stereocenters. The summed E-state index contributed by atoms with van der Waals surface area (Å²) in [5.41, 5.74) is 2.29. The molecule has 6 nitrogen and oxygen atoms in total. The first-order valence-electron chi connectivity index (χ1n) is 8.35. The van der Waals surface area contributed by atoms with Crippen LogP contribution in [0.3, 0.4) is 0 Å². The summed E-state index contributed by atoms with van der Waals surface area (Å²) >= 11 is 0. The van der Waals surface area contributed by atoms with Crippen molar-refractivity contribution in [3.05, 3.63) is 54.7 Å². The highest BCUT2D eigenvalue weighted by Gasteiger charge is 2.31. The Labute approximate surface area is 140 Å². The van der Waals surface area contributed by atoms with E-state index >= 15 is 0 Å². The molecule has 1 N–H and O–H groups in total. The molecule has 0 saturated carbocycles. The summed E-state index contributed by atoms with van der Waals surface area (Å²) in [7, 11) is 0. The average molecular weight is 323 g/mol. The smallest absolute Gasteiger partial charge is 0.119 e. The van der Waals surface area contributed by atoms with Crippen LogP contribution in [0.25, 0.3) is 10.9 Å². The SMILES string of the molecule is O[C@@H]1CN(CCn2cnnc2)C[C@H]1Cc1ccnc2ccccc12. The quantitative estimate of drug-likeness (QED) is 0.768. The molecule has 3 heterocycles. The van der Waals surface area contributed by atoms with Crippen LogP contribution in [0, 0.1) is 5.92 Å². The molecule has 1 aliphatic rings. The number of hydrogen-bond donors (Lipinski definition) is 1. The van der Waals surface area contributed by atoms with Gasteiger partial charge in [0.1, 0.15) is 12.7 Å². The van der Waals surface area contributed by atoms with Crippen LogP contribution in [0.5, 0.6) is 0 Å². The first-order valence-corrected chi connectivity index (χ1v) is 8.35. The van der Waals surface area contributed by atoms with Crippen molar-refractivity contribution >= 4 is 10.9 Å². The maximum atomic E-state index is 10.5. The Morgan fingerprint density at radius 1 is 1.04 bits per heavy atom. The second-order valence-electron chi connectivity index (χ2n) is 6.48. The number of rotatable bonds is 5. The van der Waals surface area contributed by atoms with Crippen molar-refractivity contribution in [3.8, 4) is 0 Å². The van der Waals surface area contributed by atoms with Gasteiger partial charge in [-0.05, 0) is 24.1 Å². The van der Waals surface area contributed by atoms with Crippen LogP contribution in [-0.2, 0) is 13.0 Å². The van der Waals surface area contributed by atoms with E-state index in [1.807, 2.05) is 29.0 Å². The van der Waals surface area contributed by atoms with Crippen LogP contribution in [0.1, 0.15) is 5.56 Å². The summed E-state index contributed by atoms with van der Waals surface area (Å²) in [4.78, 5) is 6.74. The molecule has 0 radical (unpaired) electrons. The van der Waals surface area contributed by atoms with Crippen molar-refractivity contribution in [1.82, 2.24) is 24.6 Å². The highest BCUT2D eigenvalue weighted by molar-refractivity contribution is 5.81. The van der Waals surface area contributed by atoms with E-state index in [0.717, 1.165) is 38.1 Å². The number of aromatic nitrogens is 4.